The van der Waals surface area contributed by atoms with E-state index in [0.717, 1.165) is 56.9 Å². The van der Waals surface area contributed by atoms with Gasteiger partial charge in [-0.3, -0.25) is 14.5 Å². The van der Waals surface area contributed by atoms with Crippen LogP contribution in [0.15, 0.2) is 24.3 Å². The maximum atomic E-state index is 12.4. The quantitative estimate of drug-likeness (QED) is 0.767. The first-order valence-electron chi connectivity index (χ1n) is 9.31. The Morgan fingerprint density at radius 3 is 2.77 bits per heavy atom. The molecular formula is C19H28N4O3. The topological polar surface area (TPSA) is 73.9 Å². The molecule has 0 aromatic heterocycles. The fourth-order valence-electron chi connectivity index (χ4n) is 3.68. The number of piperazine rings is 1. The second-order valence-corrected chi connectivity index (χ2v) is 6.80. The molecule has 7 nitrogen and oxygen atoms in total. The zero-order valence-electron chi connectivity index (χ0n) is 15.4. The van der Waals surface area contributed by atoms with Gasteiger partial charge in [-0.15, -0.1) is 0 Å². The fourth-order valence-corrected chi connectivity index (χ4v) is 3.68. The van der Waals surface area contributed by atoms with Gasteiger partial charge in [0.05, 0.1) is 26.2 Å². The molecule has 2 aliphatic heterocycles. The van der Waals surface area contributed by atoms with E-state index in [0.29, 0.717) is 0 Å². The van der Waals surface area contributed by atoms with Gasteiger partial charge in [0.1, 0.15) is 5.75 Å². The fraction of sp³-hybridized carbons (Fsp3) is 0.579. The molecule has 3 rings (SSSR count). The normalized spacial score (nSPS) is 20.8. The molecular weight excluding hydrogens is 332 g/mol. The van der Waals surface area contributed by atoms with Crippen LogP contribution >= 0.6 is 0 Å². The molecule has 1 unspecified atom stereocenters. The molecule has 2 amide bonds. The van der Waals surface area contributed by atoms with Crippen molar-refractivity contribution in [2.45, 2.75) is 18.9 Å². The van der Waals surface area contributed by atoms with Gasteiger partial charge < -0.3 is 20.3 Å². The van der Waals surface area contributed by atoms with E-state index in [-0.39, 0.29) is 30.9 Å². The summed E-state index contributed by atoms with van der Waals surface area (Å²) in [5.41, 5.74) is 1.07. The van der Waals surface area contributed by atoms with Gasteiger partial charge in [-0.05, 0) is 18.9 Å². The summed E-state index contributed by atoms with van der Waals surface area (Å²) in [5, 5.41) is 6.17. The molecule has 2 heterocycles. The molecule has 0 saturated carbocycles. The Morgan fingerprint density at radius 2 is 2.00 bits per heavy atom. The summed E-state index contributed by atoms with van der Waals surface area (Å²) in [6.07, 6.45) is 2.11. The molecule has 0 aliphatic carbocycles. The van der Waals surface area contributed by atoms with Crippen molar-refractivity contribution in [2.75, 3.05) is 52.9 Å². The second kappa shape index (κ2) is 9.00. The number of ether oxygens (including phenoxy) is 1. The van der Waals surface area contributed by atoms with E-state index in [1.165, 1.54) is 0 Å². The van der Waals surface area contributed by atoms with Crippen LogP contribution in [0.1, 0.15) is 24.4 Å². The van der Waals surface area contributed by atoms with E-state index < -0.39 is 0 Å². The minimum absolute atomic E-state index is 0.0115. The van der Waals surface area contributed by atoms with Crippen LogP contribution in [0, 0.1) is 0 Å². The number of nitrogens with one attached hydrogen (secondary N) is 2. The van der Waals surface area contributed by atoms with E-state index in [1.807, 2.05) is 29.2 Å². The number of amides is 2. The van der Waals surface area contributed by atoms with Gasteiger partial charge >= 0.3 is 0 Å². The van der Waals surface area contributed by atoms with E-state index in [9.17, 15) is 9.59 Å². The number of nitrogens with zero attached hydrogens (tertiary/aromatic N) is 2. The minimum Gasteiger partial charge on any atom is -0.496 e. The van der Waals surface area contributed by atoms with Gasteiger partial charge in [0.25, 0.3) is 0 Å². The lowest BCUT2D eigenvalue weighted by Crippen LogP contribution is -2.50. The molecule has 2 aliphatic rings. The summed E-state index contributed by atoms with van der Waals surface area (Å²) in [6.45, 7) is 4.36. The largest absolute Gasteiger partial charge is 0.496 e. The van der Waals surface area contributed by atoms with Gasteiger partial charge in [0.15, 0.2) is 0 Å². The number of hydrogen-bond acceptors (Lipinski definition) is 5. The first kappa shape index (κ1) is 18.7. The molecule has 2 fully saturated rings. The number of benzene rings is 1. The highest BCUT2D eigenvalue weighted by molar-refractivity contribution is 5.85. The van der Waals surface area contributed by atoms with Crippen LogP contribution in [-0.4, -0.2) is 74.5 Å². The number of hydrogen-bond donors (Lipinski definition) is 2. The molecule has 142 valence electrons. The third kappa shape index (κ3) is 4.53. The van der Waals surface area contributed by atoms with Crippen molar-refractivity contribution in [3.63, 3.8) is 0 Å². The molecule has 1 aromatic carbocycles. The number of carbonyl (C=O) groups is 2. The highest BCUT2D eigenvalue weighted by Crippen LogP contribution is 2.29. The number of para-hydroxylation sites is 1. The maximum Gasteiger partial charge on any atom is 0.241 e. The van der Waals surface area contributed by atoms with Crippen molar-refractivity contribution in [3.05, 3.63) is 29.8 Å². The highest BCUT2D eigenvalue weighted by Gasteiger charge is 2.28. The molecule has 1 aromatic rings. The van der Waals surface area contributed by atoms with Crippen LogP contribution in [0.25, 0.3) is 0 Å². The van der Waals surface area contributed by atoms with Crippen molar-refractivity contribution in [2.24, 2.45) is 0 Å². The highest BCUT2D eigenvalue weighted by atomic mass is 16.5. The van der Waals surface area contributed by atoms with Gasteiger partial charge in [-0.1, -0.05) is 18.2 Å². The lowest BCUT2D eigenvalue weighted by Gasteiger charge is -2.36. The predicted molar refractivity (Wildman–Crippen MR) is 99.0 cm³/mol. The minimum atomic E-state index is -0.112. The Morgan fingerprint density at radius 1 is 1.23 bits per heavy atom. The summed E-state index contributed by atoms with van der Waals surface area (Å²) in [7, 11) is 1.66. The Bertz CT molecular complexity index is 631. The molecule has 26 heavy (non-hydrogen) atoms. The molecule has 7 heteroatoms. The van der Waals surface area contributed by atoms with Crippen molar-refractivity contribution >= 4 is 11.8 Å². The van der Waals surface area contributed by atoms with Crippen molar-refractivity contribution in [3.8, 4) is 5.75 Å². The monoisotopic (exact) mass is 360 g/mol. The van der Waals surface area contributed by atoms with Crippen molar-refractivity contribution < 1.29 is 14.3 Å². The third-order valence-electron chi connectivity index (χ3n) is 5.09. The summed E-state index contributed by atoms with van der Waals surface area (Å²) in [4.78, 5) is 28.4. The number of methoxy groups -OCH3 is 1. The molecule has 2 N–H and O–H groups in total. The standard InChI is InChI=1S/C19H28N4O3/c1-26-17-7-3-2-6-15(17)16-12-20-8-11-23(16)14-18(24)21-13-19(25)22-9-4-5-10-22/h2-3,6-7,16,20H,4-5,8-14H2,1H3,(H,21,24). The molecule has 0 radical (unpaired) electrons. The van der Waals surface area contributed by atoms with E-state index in [2.05, 4.69) is 15.5 Å². The van der Waals surface area contributed by atoms with Gasteiger partial charge in [0, 0.05) is 38.3 Å². The smallest absolute Gasteiger partial charge is 0.241 e. The molecule has 0 spiro atoms. The summed E-state index contributed by atoms with van der Waals surface area (Å²) in [6, 6.07) is 7.98. The van der Waals surface area contributed by atoms with Crippen molar-refractivity contribution in [1.29, 1.82) is 0 Å². The number of likely N-dealkylation sites (tertiary alicyclic amines) is 1. The molecule has 1 atom stereocenters. The van der Waals surface area contributed by atoms with Crippen molar-refractivity contribution in [1.82, 2.24) is 20.4 Å². The Labute approximate surface area is 154 Å². The van der Waals surface area contributed by atoms with E-state index in [4.69, 9.17) is 4.74 Å². The Kier molecular flexibility index (Phi) is 6.46. The lowest BCUT2D eigenvalue weighted by molar-refractivity contribution is -0.132. The summed E-state index contributed by atoms with van der Waals surface area (Å²) >= 11 is 0. The van der Waals surface area contributed by atoms with E-state index >= 15 is 0 Å². The predicted octanol–water partition coefficient (Wildman–Crippen LogP) is 0.380. The maximum absolute atomic E-state index is 12.4. The summed E-state index contributed by atoms with van der Waals surface area (Å²) < 4.78 is 5.48. The van der Waals surface area contributed by atoms with Gasteiger partial charge in [0.2, 0.25) is 11.8 Å². The van der Waals surface area contributed by atoms with Crippen LogP contribution in [0.5, 0.6) is 5.75 Å². The Hall–Kier alpha value is -2.12. The molecule has 0 bridgehead atoms. The zero-order chi connectivity index (χ0) is 18.4. The first-order valence-corrected chi connectivity index (χ1v) is 9.31. The van der Waals surface area contributed by atoms with Crippen LogP contribution < -0.4 is 15.4 Å². The third-order valence-corrected chi connectivity index (χ3v) is 5.09. The number of carbonyl (C=O) groups excluding carboxylic acids is 2. The van der Waals surface area contributed by atoms with E-state index in [1.54, 1.807) is 7.11 Å². The molecule has 2 saturated heterocycles. The average Bonchev–Trinajstić information content (AvgIpc) is 3.21. The zero-order valence-corrected chi connectivity index (χ0v) is 15.4. The Balaban J connectivity index is 1.57. The van der Waals surface area contributed by atoms with Crippen LogP contribution in [-0.2, 0) is 9.59 Å². The SMILES string of the molecule is COc1ccccc1C1CNCCN1CC(=O)NCC(=O)N1CCCC1. The lowest BCUT2D eigenvalue weighted by atomic mass is 10.0. The summed E-state index contributed by atoms with van der Waals surface area (Å²) in [5.74, 6) is 0.729. The first-order chi connectivity index (χ1) is 12.7. The second-order valence-electron chi connectivity index (χ2n) is 6.80. The van der Waals surface area contributed by atoms with Gasteiger partial charge in [-0.25, -0.2) is 0 Å². The van der Waals surface area contributed by atoms with Crippen LogP contribution in [0.2, 0.25) is 0 Å². The van der Waals surface area contributed by atoms with Crippen LogP contribution in [0.3, 0.4) is 0 Å². The number of rotatable bonds is 6. The van der Waals surface area contributed by atoms with Crippen LogP contribution in [0.4, 0.5) is 0 Å². The van der Waals surface area contributed by atoms with Gasteiger partial charge in [-0.2, -0.15) is 0 Å². The average molecular weight is 360 g/mol.